The van der Waals surface area contributed by atoms with Crippen LogP contribution in [0.5, 0.6) is 0 Å². The predicted octanol–water partition coefficient (Wildman–Crippen LogP) is 3.11. The van der Waals surface area contributed by atoms with Gasteiger partial charge in [0.2, 0.25) is 5.91 Å². The van der Waals surface area contributed by atoms with Crippen molar-refractivity contribution >= 4 is 34.5 Å². The molecule has 0 atom stereocenters. The van der Waals surface area contributed by atoms with Crippen molar-refractivity contribution in [2.75, 3.05) is 5.32 Å². The van der Waals surface area contributed by atoms with Crippen LogP contribution in [0, 0.1) is 0 Å². The highest BCUT2D eigenvalue weighted by molar-refractivity contribution is 7.10. The van der Waals surface area contributed by atoms with Gasteiger partial charge in [-0.25, -0.2) is 0 Å². The highest BCUT2D eigenvalue weighted by Crippen LogP contribution is 2.20. The second kappa shape index (κ2) is 5.21. The highest BCUT2D eigenvalue weighted by Gasteiger charge is 2.02. The van der Waals surface area contributed by atoms with Gasteiger partial charge in [0.05, 0.1) is 5.02 Å². The molecule has 3 nitrogen and oxygen atoms in total. The van der Waals surface area contributed by atoms with Gasteiger partial charge in [0.25, 0.3) is 0 Å². The third-order valence-corrected chi connectivity index (χ3v) is 3.52. The van der Waals surface area contributed by atoms with Crippen molar-refractivity contribution in [1.29, 1.82) is 0 Å². The highest BCUT2D eigenvalue weighted by atomic mass is 35.5. The lowest BCUT2D eigenvalue weighted by molar-refractivity contribution is 0.100. The molecule has 2 rings (SSSR count). The summed E-state index contributed by atoms with van der Waals surface area (Å²) in [5.74, 6) is -0.423. The first kappa shape index (κ1) is 12.0. The number of carbonyl (C=O) groups is 1. The molecule has 3 N–H and O–H groups in total. The van der Waals surface area contributed by atoms with Crippen LogP contribution in [0.15, 0.2) is 35.7 Å². The lowest BCUT2D eigenvalue weighted by Gasteiger charge is -2.05. The predicted molar refractivity (Wildman–Crippen MR) is 71.6 cm³/mol. The van der Waals surface area contributed by atoms with Crippen LogP contribution in [0.3, 0.4) is 0 Å². The van der Waals surface area contributed by atoms with Crippen LogP contribution in [0.4, 0.5) is 5.69 Å². The third-order valence-electron chi connectivity index (χ3n) is 2.24. The van der Waals surface area contributed by atoms with Crippen molar-refractivity contribution in [3.8, 4) is 0 Å². The van der Waals surface area contributed by atoms with Gasteiger partial charge < -0.3 is 11.1 Å². The smallest absolute Gasteiger partial charge is 0.248 e. The summed E-state index contributed by atoms with van der Waals surface area (Å²) in [4.78, 5) is 12.1. The van der Waals surface area contributed by atoms with Crippen LogP contribution in [0.2, 0.25) is 5.02 Å². The van der Waals surface area contributed by atoms with Crippen LogP contribution >= 0.6 is 22.9 Å². The molecule has 0 saturated carbocycles. The maximum absolute atomic E-state index is 11.0. The van der Waals surface area contributed by atoms with Gasteiger partial charge in [0.15, 0.2) is 0 Å². The molecule has 0 aliphatic heterocycles. The minimum absolute atomic E-state index is 0.423. The van der Waals surface area contributed by atoms with Crippen molar-refractivity contribution < 1.29 is 4.79 Å². The second-order valence-corrected chi connectivity index (χ2v) is 4.96. The Hall–Kier alpha value is -1.52. The van der Waals surface area contributed by atoms with Gasteiger partial charge in [-0.1, -0.05) is 17.7 Å². The number of thiophene rings is 1. The van der Waals surface area contributed by atoms with E-state index in [0.29, 0.717) is 12.1 Å². The Labute approximate surface area is 108 Å². The first-order valence-electron chi connectivity index (χ1n) is 5.02. The van der Waals surface area contributed by atoms with E-state index in [1.54, 1.807) is 29.5 Å². The molecule has 0 saturated heterocycles. The molecule has 1 aromatic carbocycles. The Balaban J connectivity index is 2.04. The summed E-state index contributed by atoms with van der Waals surface area (Å²) in [6, 6.07) is 9.02. The van der Waals surface area contributed by atoms with Crippen molar-refractivity contribution in [2.24, 2.45) is 5.73 Å². The van der Waals surface area contributed by atoms with E-state index in [4.69, 9.17) is 17.3 Å². The first-order valence-corrected chi connectivity index (χ1v) is 6.27. The van der Waals surface area contributed by atoms with Crippen molar-refractivity contribution in [1.82, 2.24) is 0 Å². The monoisotopic (exact) mass is 266 g/mol. The molecule has 88 valence electrons. The second-order valence-electron chi connectivity index (χ2n) is 3.53. The van der Waals surface area contributed by atoms with E-state index in [1.807, 2.05) is 17.5 Å². The molecule has 0 unspecified atom stereocenters. The Kier molecular flexibility index (Phi) is 3.66. The van der Waals surface area contributed by atoms with E-state index in [0.717, 1.165) is 15.6 Å². The minimum atomic E-state index is -0.423. The van der Waals surface area contributed by atoms with Crippen LogP contribution in [0.1, 0.15) is 15.2 Å². The molecule has 0 spiro atoms. The molecular formula is C12H11ClN2OS. The summed E-state index contributed by atoms with van der Waals surface area (Å²) in [7, 11) is 0. The number of nitrogens with one attached hydrogen (secondary N) is 1. The number of hydrogen-bond donors (Lipinski definition) is 2. The number of halogens is 1. The molecule has 0 aliphatic carbocycles. The van der Waals surface area contributed by atoms with Crippen LogP contribution < -0.4 is 11.1 Å². The Morgan fingerprint density at radius 3 is 2.88 bits per heavy atom. The number of nitrogens with two attached hydrogens (primary N) is 1. The van der Waals surface area contributed by atoms with Crippen LogP contribution in [0.25, 0.3) is 0 Å². The Morgan fingerprint density at radius 1 is 1.41 bits per heavy atom. The van der Waals surface area contributed by atoms with Gasteiger partial charge in [-0.15, -0.1) is 11.3 Å². The Bertz CT molecular complexity index is 539. The normalized spacial score (nSPS) is 10.2. The van der Waals surface area contributed by atoms with Crippen molar-refractivity contribution in [3.63, 3.8) is 0 Å². The first-order chi connectivity index (χ1) is 8.15. The molecule has 0 bridgehead atoms. The van der Waals surface area contributed by atoms with E-state index < -0.39 is 5.91 Å². The summed E-state index contributed by atoms with van der Waals surface area (Å²) >= 11 is 7.42. The van der Waals surface area contributed by atoms with Gasteiger partial charge in [0, 0.05) is 28.1 Å². The van der Waals surface area contributed by atoms with Crippen molar-refractivity contribution in [3.05, 3.63) is 51.2 Å². The fourth-order valence-corrected chi connectivity index (χ4v) is 2.43. The quantitative estimate of drug-likeness (QED) is 0.893. The molecular weight excluding hydrogens is 256 g/mol. The molecule has 2 aromatic rings. The van der Waals surface area contributed by atoms with Crippen LogP contribution in [-0.2, 0) is 6.54 Å². The van der Waals surface area contributed by atoms with Crippen molar-refractivity contribution in [2.45, 2.75) is 6.54 Å². The molecule has 5 heteroatoms. The summed E-state index contributed by atoms with van der Waals surface area (Å²) in [5.41, 5.74) is 6.58. The number of carbonyl (C=O) groups excluding carboxylic acids is 1. The standard InChI is InChI=1S/C12H11ClN2OS/c13-9-5-11(17-7-9)6-15-10-3-1-2-8(4-10)12(14)16/h1-5,7,15H,6H2,(H2,14,16). The largest absolute Gasteiger partial charge is 0.380 e. The van der Waals surface area contributed by atoms with E-state index in [1.165, 1.54) is 0 Å². The number of hydrogen-bond acceptors (Lipinski definition) is 3. The van der Waals surface area contributed by atoms with E-state index >= 15 is 0 Å². The number of anilines is 1. The SMILES string of the molecule is NC(=O)c1cccc(NCc2cc(Cl)cs2)c1. The van der Waals surface area contributed by atoms with Gasteiger partial charge in [-0.3, -0.25) is 4.79 Å². The molecule has 17 heavy (non-hydrogen) atoms. The lowest BCUT2D eigenvalue weighted by atomic mass is 10.2. The summed E-state index contributed by atoms with van der Waals surface area (Å²) in [5, 5.41) is 5.85. The molecule has 0 radical (unpaired) electrons. The topological polar surface area (TPSA) is 55.1 Å². The average Bonchev–Trinajstić information content (AvgIpc) is 2.73. The van der Waals surface area contributed by atoms with E-state index in [9.17, 15) is 4.79 Å². The zero-order chi connectivity index (χ0) is 12.3. The fraction of sp³-hybridized carbons (Fsp3) is 0.0833. The van der Waals surface area contributed by atoms with E-state index in [2.05, 4.69) is 5.32 Å². The minimum Gasteiger partial charge on any atom is -0.380 e. The third kappa shape index (κ3) is 3.22. The maximum atomic E-state index is 11.0. The van der Waals surface area contributed by atoms with Gasteiger partial charge in [-0.2, -0.15) is 0 Å². The molecule has 0 fully saturated rings. The van der Waals surface area contributed by atoms with E-state index in [-0.39, 0.29) is 0 Å². The van der Waals surface area contributed by atoms with Crippen LogP contribution in [-0.4, -0.2) is 5.91 Å². The molecule has 1 heterocycles. The average molecular weight is 267 g/mol. The zero-order valence-corrected chi connectivity index (χ0v) is 10.5. The summed E-state index contributed by atoms with van der Waals surface area (Å²) in [6.45, 7) is 0.680. The number of rotatable bonds is 4. The number of benzene rings is 1. The number of primary amides is 1. The molecule has 1 aromatic heterocycles. The fourth-order valence-electron chi connectivity index (χ4n) is 1.42. The van der Waals surface area contributed by atoms with Gasteiger partial charge >= 0.3 is 0 Å². The molecule has 1 amide bonds. The zero-order valence-electron chi connectivity index (χ0n) is 8.94. The number of amides is 1. The maximum Gasteiger partial charge on any atom is 0.248 e. The van der Waals surface area contributed by atoms with Gasteiger partial charge in [0.1, 0.15) is 0 Å². The van der Waals surface area contributed by atoms with Gasteiger partial charge in [-0.05, 0) is 24.3 Å². The molecule has 0 aliphatic rings. The lowest BCUT2D eigenvalue weighted by Crippen LogP contribution is -2.11. The Morgan fingerprint density at radius 2 is 2.24 bits per heavy atom. The summed E-state index contributed by atoms with van der Waals surface area (Å²) in [6.07, 6.45) is 0. The summed E-state index contributed by atoms with van der Waals surface area (Å²) < 4.78 is 0.